The first-order chi connectivity index (χ1) is 9.20. The molecule has 0 aromatic heterocycles. The lowest BCUT2D eigenvalue weighted by molar-refractivity contribution is 0.0940. The molecule has 0 radical (unpaired) electrons. The molecule has 94 valence electrons. The van der Waals surface area contributed by atoms with Gasteiger partial charge in [-0.05, 0) is 36.8 Å². The number of carbonyl (C=O) groups is 1. The van der Waals surface area contributed by atoms with E-state index in [4.69, 9.17) is 5.26 Å². The van der Waals surface area contributed by atoms with Gasteiger partial charge in [0, 0.05) is 5.56 Å². The van der Waals surface area contributed by atoms with E-state index >= 15 is 0 Å². The normalized spacial score (nSPS) is 11.4. The topological polar surface area (TPSA) is 52.9 Å². The Balaban J connectivity index is 2.11. The third-order valence-electron chi connectivity index (χ3n) is 2.90. The number of benzene rings is 2. The van der Waals surface area contributed by atoms with Gasteiger partial charge in [-0.1, -0.05) is 30.3 Å². The predicted molar refractivity (Wildman–Crippen MR) is 73.5 cm³/mol. The fourth-order valence-corrected chi connectivity index (χ4v) is 1.83. The Bertz CT molecular complexity index is 614. The highest BCUT2D eigenvalue weighted by molar-refractivity contribution is 5.94. The number of hydrogen-bond acceptors (Lipinski definition) is 2. The van der Waals surface area contributed by atoms with E-state index in [-0.39, 0.29) is 11.9 Å². The minimum atomic E-state index is -0.138. The summed E-state index contributed by atoms with van der Waals surface area (Å²) in [6.07, 6.45) is 0. The summed E-state index contributed by atoms with van der Waals surface area (Å²) in [7, 11) is 0. The van der Waals surface area contributed by atoms with E-state index in [0.29, 0.717) is 11.1 Å². The molecule has 1 atom stereocenters. The number of nitrogens with zero attached hydrogens (tertiary/aromatic N) is 1. The smallest absolute Gasteiger partial charge is 0.251 e. The molecule has 2 aromatic carbocycles. The molecular weight excluding hydrogens is 236 g/mol. The van der Waals surface area contributed by atoms with Gasteiger partial charge in [-0.15, -0.1) is 0 Å². The highest BCUT2D eigenvalue weighted by atomic mass is 16.1. The minimum Gasteiger partial charge on any atom is -0.346 e. The number of carbonyl (C=O) groups excluding carboxylic acids is 1. The van der Waals surface area contributed by atoms with Crippen LogP contribution in [0.25, 0.3) is 0 Å². The lowest BCUT2D eigenvalue weighted by atomic mass is 10.1. The summed E-state index contributed by atoms with van der Waals surface area (Å²) in [5, 5.41) is 11.8. The zero-order chi connectivity index (χ0) is 13.7. The third-order valence-corrected chi connectivity index (χ3v) is 2.90. The molecule has 3 nitrogen and oxygen atoms in total. The summed E-state index contributed by atoms with van der Waals surface area (Å²) < 4.78 is 0. The molecule has 0 spiro atoms. The molecule has 0 aliphatic heterocycles. The third kappa shape index (κ3) is 3.20. The molecule has 0 heterocycles. The average molecular weight is 250 g/mol. The first-order valence-electron chi connectivity index (χ1n) is 6.06. The lowest BCUT2D eigenvalue weighted by Gasteiger charge is -2.14. The zero-order valence-electron chi connectivity index (χ0n) is 10.6. The van der Waals surface area contributed by atoms with Crippen LogP contribution >= 0.6 is 0 Å². The molecular formula is C16H14N2O. The maximum Gasteiger partial charge on any atom is 0.251 e. The Labute approximate surface area is 112 Å². The molecule has 0 unspecified atom stereocenters. The second-order valence-corrected chi connectivity index (χ2v) is 4.30. The van der Waals surface area contributed by atoms with Gasteiger partial charge in [0.05, 0.1) is 17.7 Å². The van der Waals surface area contributed by atoms with Crippen LogP contribution in [0.1, 0.15) is 34.5 Å². The molecule has 1 N–H and O–H groups in total. The van der Waals surface area contributed by atoms with Gasteiger partial charge in [-0.25, -0.2) is 0 Å². The second kappa shape index (κ2) is 5.83. The average Bonchev–Trinajstić information content (AvgIpc) is 2.48. The minimum absolute atomic E-state index is 0.115. The van der Waals surface area contributed by atoms with E-state index in [2.05, 4.69) is 11.4 Å². The molecule has 2 rings (SSSR count). The van der Waals surface area contributed by atoms with Crippen molar-refractivity contribution in [1.29, 1.82) is 5.26 Å². The molecule has 0 fully saturated rings. The van der Waals surface area contributed by atoms with Crippen molar-refractivity contribution in [1.82, 2.24) is 5.32 Å². The van der Waals surface area contributed by atoms with E-state index in [0.717, 1.165) is 5.56 Å². The fraction of sp³-hybridized carbons (Fsp3) is 0.125. The van der Waals surface area contributed by atoms with Crippen LogP contribution in [0.2, 0.25) is 0 Å². The van der Waals surface area contributed by atoms with Gasteiger partial charge in [0.25, 0.3) is 5.91 Å². The first kappa shape index (κ1) is 12.8. The van der Waals surface area contributed by atoms with Crippen molar-refractivity contribution in [2.75, 3.05) is 0 Å². The van der Waals surface area contributed by atoms with E-state index < -0.39 is 0 Å². The number of rotatable bonds is 3. The van der Waals surface area contributed by atoms with Gasteiger partial charge in [-0.3, -0.25) is 4.79 Å². The van der Waals surface area contributed by atoms with Gasteiger partial charge in [0.1, 0.15) is 0 Å². The van der Waals surface area contributed by atoms with Crippen molar-refractivity contribution in [2.24, 2.45) is 0 Å². The van der Waals surface area contributed by atoms with Gasteiger partial charge in [0.2, 0.25) is 0 Å². The van der Waals surface area contributed by atoms with Crippen LogP contribution in [0.3, 0.4) is 0 Å². The van der Waals surface area contributed by atoms with Crippen LogP contribution in [0.5, 0.6) is 0 Å². The summed E-state index contributed by atoms with van der Waals surface area (Å²) in [4.78, 5) is 12.0. The van der Waals surface area contributed by atoms with Crippen molar-refractivity contribution < 1.29 is 4.79 Å². The second-order valence-electron chi connectivity index (χ2n) is 4.30. The summed E-state index contributed by atoms with van der Waals surface area (Å²) in [6, 6.07) is 18.3. The van der Waals surface area contributed by atoms with Crippen LogP contribution in [-0.4, -0.2) is 5.91 Å². The van der Waals surface area contributed by atoms with Crippen LogP contribution < -0.4 is 5.32 Å². The Kier molecular flexibility index (Phi) is 3.94. The van der Waals surface area contributed by atoms with Gasteiger partial charge >= 0.3 is 0 Å². The largest absolute Gasteiger partial charge is 0.346 e. The van der Waals surface area contributed by atoms with Crippen LogP contribution in [0, 0.1) is 11.3 Å². The molecule has 2 aromatic rings. The summed E-state index contributed by atoms with van der Waals surface area (Å²) in [6.45, 7) is 1.90. The molecule has 0 aliphatic carbocycles. The van der Waals surface area contributed by atoms with Crippen LogP contribution in [-0.2, 0) is 0 Å². The van der Waals surface area contributed by atoms with E-state index in [1.165, 1.54) is 0 Å². The van der Waals surface area contributed by atoms with Crippen molar-refractivity contribution >= 4 is 5.91 Å². The lowest BCUT2D eigenvalue weighted by Crippen LogP contribution is -2.26. The molecule has 0 aliphatic rings. The van der Waals surface area contributed by atoms with Gasteiger partial charge in [0.15, 0.2) is 0 Å². The highest BCUT2D eigenvalue weighted by Crippen LogP contribution is 2.14. The first-order valence-corrected chi connectivity index (χ1v) is 6.06. The monoisotopic (exact) mass is 250 g/mol. The van der Waals surface area contributed by atoms with Crippen LogP contribution in [0.4, 0.5) is 0 Å². The molecule has 0 saturated heterocycles. The fourth-order valence-electron chi connectivity index (χ4n) is 1.83. The Morgan fingerprint density at radius 1 is 1.16 bits per heavy atom. The quantitative estimate of drug-likeness (QED) is 0.910. The maximum atomic E-state index is 12.0. The maximum absolute atomic E-state index is 12.0. The van der Waals surface area contributed by atoms with E-state index in [9.17, 15) is 4.79 Å². The number of nitriles is 1. The Morgan fingerprint density at radius 3 is 2.58 bits per heavy atom. The summed E-state index contributed by atoms with van der Waals surface area (Å²) in [5.41, 5.74) is 2.15. The molecule has 19 heavy (non-hydrogen) atoms. The standard InChI is InChI=1S/C16H14N2O/c1-12(15-9-5-6-13(10-15)11-17)18-16(19)14-7-3-2-4-8-14/h2-10,12H,1H3,(H,18,19)/t12-/m0/s1. The number of nitrogens with one attached hydrogen (secondary N) is 1. The van der Waals surface area contributed by atoms with E-state index in [1.54, 1.807) is 24.3 Å². The van der Waals surface area contributed by atoms with Gasteiger partial charge < -0.3 is 5.32 Å². The number of hydrogen-bond donors (Lipinski definition) is 1. The SMILES string of the molecule is C[C@H](NC(=O)c1ccccc1)c1cccc(C#N)c1. The summed E-state index contributed by atoms with van der Waals surface area (Å²) >= 11 is 0. The van der Waals surface area contributed by atoms with Gasteiger partial charge in [-0.2, -0.15) is 5.26 Å². The number of amides is 1. The predicted octanol–water partition coefficient (Wildman–Crippen LogP) is 3.05. The Hall–Kier alpha value is -2.60. The molecule has 0 bridgehead atoms. The molecule has 1 amide bonds. The van der Waals surface area contributed by atoms with Crippen molar-refractivity contribution in [2.45, 2.75) is 13.0 Å². The highest BCUT2D eigenvalue weighted by Gasteiger charge is 2.11. The zero-order valence-corrected chi connectivity index (χ0v) is 10.6. The summed E-state index contributed by atoms with van der Waals surface area (Å²) in [5.74, 6) is -0.115. The van der Waals surface area contributed by atoms with Crippen molar-refractivity contribution in [3.63, 3.8) is 0 Å². The van der Waals surface area contributed by atoms with E-state index in [1.807, 2.05) is 37.3 Å². The Morgan fingerprint density at radius 2 is 1.89 bits per heavy atom. The molecule has 0 saturated carbocycles. The van der Waals surface area contributed by atoms with Crippen LogP contribution in [0.15, 0.2) is 54.6 Å². The van der Waals surface area contributed by atoms with Crippen molar-refractivity contribution in [3.8, 4) is 6.07 Å². The van der Waals surface area contributed by atoms with Crippen molar-refractivity contribution in [3.05, 3.63) is 71.3 Å². The molecule has 3 heteroatoms.